The lowest BCUT2D eigenvalue weighted by atomic mass is 10.1. The number of carbonyl (C=O) groups is 1. The Morgan fingerprint density at radius 3 is 2.88 bits per heavy atom. The van der Waals surface area contributed by atoms with E-state index in [1.165, 1.54) is 11.8 Å². The Morgan fingerprint density at radius 2 is 2.38 bits per heavy atom. The molecule has 0 fully saturated rings. The van der Waals surface area contributed by atoms with E-state index < -0.39 is 5.54 Å². The second-order valence-corrected chi connectivity index (χ2v) is 5.14. The molecule has 1 heterocycles. The molecule has 7 heteroatoms. The van der Waals surface area contributed by atoms with E-state index in [2.05, 4.69) is 4.99 Å². The van der Waals surface area contributed by atoms with Crippen molar-refractivity contribution in [3.05, 3.63) is 0 Å². The van der Waals surface area contributed by atoms with Gasteiger partial charge in [0.2, 0.25) is 10.3 Å². The third-order valence-electron chi connectivity index (χ3n) is 1.74. The Labute approximate surface area is 103 Å². The molecule has 16 heavy (non-hydrogen) atoms. The smallest absolute Gasteiger partial charge is 0.340 e. The second kappa shape index (κ2) is 5.60. The summed E-state index contributed by atoms with van der Waals surface area (Å²) in [7, 11) is 0. The highest BCUT2D eigenvalue weighted by molar-refractivity contribution is 8.23. The van der Waals surface area contributed by atoms with Gasteiger partial charge in [-0.3, -0.25) is 0 Å². The van der Waals surface area contributed by atoms with Crippen LogP contribution in [-0.2, 0) is 14.3 Å². The van der Waals surface area contributed by atoms with E-state index in [4.69, 9.17) is 26.8 Å². The van der Waals surface area contributed by atoms with Crippen molar-refractivity contribution in [2.45, 2.75) is 19.4 Å². The molecule has 0 saturated heterocycles. The molecule has 0 spiro atoms. The van der Waals surface area contributed by atoms with Crippen LogP contribution in [0.4, 0.5) is 0 Å². The Hall–Kier alpha value is -0.660. The van der Waals surface area contributed by atoms with Crippen LogP contribution in [-0.4, -0.2) is 45.9 Å². The summed E-state index contributed by atoms with van der Waals surface area (Å²) in [4.78, 5) is 15.4. The summed E-state index contributed by atoms with van der Waals surface area (Å²) in [6.07, 6.45) is 0. The maximum Gasteiger partial charge on any atom is 0.340 e. The molecule has 0 bridgehead atoms. The average molecular weight is 263 g/mol. The molecular weight excluding hydrogens is 250 g/mol. The minimum absolute atomic E-state index is 0.0797. The first-order valence-corrected chi connectivity index (χ1v) is 6.06. The molecule has 0 radical (unpaired) electrons. The molecule has 0 saturated carbocycles. The first kappa shape index (κ1) is 13.4. The number of aliphatic hydroxyl groups excluding tert-OH is 1. The third kappa shape index (κ3) is 3.73. The predicted molar refractivity (Wildman–Crippen MR) is 65.7 cm³/mol. The largest absolute Gasteiger partial charge is 0.476 e. The number of aliphatic imine (C=N–C) groups is 1. The highest BCUT2D eigenvalue weighted by Gasteiger charge is 2.36. The van der Waals surface area contributed by atoms with Gasteiger partial charge < -0.3 is 14.6 Å². The molecule has 1 N–H and O–H groups in total. The van der Waals surface area contributed by atoms with E-state index in [-0.39, 0.29) is 19.2 Å². The van der Waals surface area contributed by atoms with Crippen molar-refractivity contribution in [3.8, 4) is 0 Å². The zero-order valence-electron chi connectivity index (χ0n) is 9.06. The molecule has 1 rings (SSSR count). The van der Waals surface area contributed by atoms with Crippen LogP contribution in [0.5, 0.6) is 0 Å². The maximum atomic E-state index is 11.3. The van der Waals surface area contributed by atoms with E-state index in [1.54, 1.807) is 13.8 Å². The van der Waals surface area contributed by atoms with Crippen LogP contribution in [0, 0.1) is 0 Å². The van der Waals surface area contributed by atoms with Crippen molar-refractivity contribution in [2.75, 3.05) is 19.0 Å². The summed E-state index contributed by atoms with van der Waals surface area (Å²) in [6, 6.07) is 0. The number of aliphatic hydroxyl groups is 1. The number of hydrogen-bond donors (Lipinski definition) is 1. The molecule has 0 amide bonds. The van der Waals surface area contributed by atoms with Crippen molar-refractivity contribution in [3.63, 3.8) is 0 Å². The van der Waals surface area contributed by atoms with Crippen molar-refractivity contribution >= 4 is 40.2 Å². The zero-order chi connectivity index (χ0) is 12.2. The van der Waals surface area contributed by atoms with E-state index >= 15 is 0 Å². The minimum atomic E-state index is -0.802. The van der Waals surface area contributed by atoms with Crippen LogP contribution in [0.1, 0.15) is 13.8 Å². The Kier molecular flexibility index (Phi) is 4.69. The molecular formula is C9H13NO4S2. The summed E-state index contributed by atoms with van der Waals surface area (Å²) >= 11 is 6.08. The molecule has 0 aromatic carbocycles. The number of thiocarbonyl (C=S) groups is 1. The topological polar surface area (TPSA) is 68.1 Å². The van der Waals surface area contributed by atoms with E-state index in [0.29, 0.717) is 16.0 Å². The molecule has 0 aromatic heterocycles. The number of carbonyl (C=O) groups excluding carboxylic acids is 1. The molecule has 0 atom stereocenters. The fourth-order valence-corrected chi connectivity index (χ4v) is 1.76. The standard InChI is InChI=1S/C9H13NO4S2/c1-9(2)7(12)14-6(10-9)5-16-8(15)13-4-3-11/h11H,3-5H2,1-2H3. The van der Waals surface area contributed by atoms with Crippen LogP contribution in [0.2, 0.25) is 0 Å². The Balaban J connectivity index is 2.35. The molecule has 0 aliphatic carbocycles. The normalized spacial score (nSPS) is 17.9. The van der Waals surface area contributed by atoms with Crippen LogP contribution >= 0.6 is 24.0 Å². The lowest BCUT2D eigenvalue weighted by molar-refractivity contribution is -0.137. The number of esters is 1. The first-order chi connectivity index (χ1) is 7.45. The molecule has 0 unspecified atom stereocenters. The minimum Gasteiger partial charge on any atom is -0.476 e. The monoisotopic (exact) mass is 263 g/mol. The van der Waals surface area contributed by atoms with Crippen LogP contribution < -0.4 is 0 Å². The van der Waals surface area contributed by atoms with Gasteiger partial charge in [0.15, 0.2) is 5.54 Å². The van der Waals surface area contributed by atoms with Crippen molar-refractivity contribution in [2.24, 2.45) is 4.99 Å². The van der Waals surface area contributed by atoms with Crippen molar-refractivity contribution in [1.29, 1.82) is 0 Å². The van der Waals surface area contributed by atoms with Crippen molar-refractivity contribution in [1.82, 2.24) is 0 Å². The van der Waals surface area contributed by atoms with Crippen LogP contribution in [0.25, 0.3) is 0 Å². The molecule has 1 aliphatic rings. The number of ether oxygens (including phenoxy) is 2. The fraction of sp³-hybridized carbons (Fsp3) is 0.667. The van der Waals surface area contributed by atoms with E-state index in [1.807, 2.05) is 0 Å². The van der Waals surface area contributed by atoms with Gasteiger partial charge in [0.1, 0.15) is 6.61 Å². The summed E-state index contributed by atoms with van der Waals surface area (Å²) < 4.78 is 10.2. The van der Waals surface area contributed by atoms with Gasteiger partial charge in [-0.25, -0.2) is 9.79 Å². The van der Waals surface area contributed by atoms with Gasteiger partial charge in [0.05, 0.1) is 12.4 Å². The maximum absolute atomic E-state index is 11.3. The molecule has 0 aromatic rings. The third-order valence-corrected chi connectivity index (χ3v) is 2.96. The summed E-state index contributed by atoms with van der Waals surface area (Å²) in [5.41, 5.74) is -0.802. The van der Waals surface area contributed by atoms with Gasteiger partial charge in [0.25, 0.3) is 0 Å². The number of cyclic esters (lactones) is 1. The summed E-state index contributed by atoms with van der Waals surface area (Å²) in [5, 5.41) is 8.51. The highest BCUT2D eigenvalue weighted by atomic mass is 32.2. The second-order valence-electron chi connectivity index (χ2n) is 3.56. The molecule has 1 aliphatic heterocycles. The van der Waals surface area contributed by atoms with Gasteiger partial charge >= 0.3 is 5.97 Å². The quantitative estimate of drug-likeness (QED) is 0.596. The van der Waals surface area contributed by atoms with Gasteiger partial charge in [-0.1, -0.05) is 11.8 Å². The van der Waals surface area contributed by atoms with Gasteiger partial charge in [0, 0.05) is 0 Å². The number of nitrogens with zero attached hydrogens (tertiary/aromatic N) is 1. The average Bonchev–Trinajstić information content (AvgIpc) is 2.47. The van der Waals surface area contributed by atoms with Gasteiger partial charge in [-0.2, -0.15) is 0 Å². The van der Waals surface area contributed by atoms with E-state index in [0.717, 1.165) is 0 Å². The summed E-state index contributed by atoms with van der Waals surface area (Å²) in [6.45, 7) is 3.47. The predicted octanol–water partition coefficient (Wildman–Crippen LogP) is 0.747. The number of thioether (sulfide) groups is 1. The molecule has 5 nitrogen and oxygen atoms in total. The molecule has 90 valence electrons. The van der Waals surface area contributed by atoms with Crippen molar-refractivity contribution < 1.29 is 19.4 Å². The zero-order valence-corrected chi connectivity index (χ0v) is 10.7. The van der Waals surface area contributed by atoms with Gasteiger partial charge in [-0.05, 0) is 26.1 Å². The SMILES string of the molecule is CC1(C)N=C(CSC(=S)OCCO)OC1=O. The lowest BCUT2D eigenvalue weighted by Gasteiger charge is -2.05. The van der Waals surface area contributed by atoms with E-state index in [9.17, 15) is 4.79 Å². The lowest BCUT2D eigenvalue weighted by Crippen LogP contribution is -2.25. The fourth-order valence-electron chi connectivity index (χ4n) is 0.965. The Bertz CT molecular complexity index is 327. The van der Waals surface area contributed by atoms with Crippen LogP contribution in [0.3, 0.4) is 0 Å². The van der Waals surface area contributed by atoms with Gasteiger partial charge in [-0.15, -0.1) is 0 Å². The van der Waals surface area contributed by atoms with Crippen LogP contribution in [0.15, 0.2) is 4.99 Å². The Morgan fingerprint density at radius 1 is 1.69 bits per heavy atom. The first-order valence-electron chi connectivity index (χ1n) is 4.67. The highest BCUT2D eigenvalue weighted by Crippen LogP contribution is 2.21. The number of hydrogen-bond acceptors (Lipinski definition) is 7. The number of rotatable bonds is 4. The summed E-state index contributed by atoms with van der Waals surface area (Å²) in [5.74, 6) is 0.361.